The van der Waals surface area contributed by atoms with E-state index in [1.807, 2.05) is 60.7 Å². The van der Waals surface area contributed by atoms with E-state index in [1.165, 1.54) is 24.8 Å². The summed E-state index contributed by atoms with van der Waals surface area (Å²) in [6.07, 6.45) is 2.80. The fourth-order valence-electron chi connectivity index (χ4n) is 5.52. The monoisotopic (exact) mass is 599 g/mol. The van der Waals surface area contributed by atoms with Gasteiger partial charge in [-0.25, -0.2) is 23.4 Å². The molecule has 2 N–H and O–H groups in total. The highest BCUT2D eigenvalue weighted by atomic mass is 32.2. The van der Waals surface area contributed by atoms with Crippen LogP contribution >= 0.6 is 0 Å². The highest BCUT2D eigenvalue weighted by Gasteiger charge is 2.52. The summed E-state index contributed by atoms with van der Waals surface area (Å²) in [6, 6.07) is 26.1. The molecular weight excluding hydrogens is 569 g/mol. The Labute approximate surface area is 248 Å². The molecule has 5 aromatic rings. The lowest BCUT2D eigenvalue weighted by atomic mass is 9.65. The van der Waals surface area contributed by atoms with E-state index in [2.05, 4.69) is 15.0 Å². The summed E-state index contributed by atoms with van der Waals surface area (Å²) in [5, 5.41) is -1.21. The molecule has 1 fully saturated rings. The van der Waals surface area contributed by atoms with Crippen molar-refractivity contribution in [3.8, 4) is 0 Å². The van der Waals surface area contributed by atoms with Crippen LogP contribution in [0.3, 0.4) is 0 Å². The quantitative estimate of drug-likeness (QED) is 0.218. The second kappa shape index (κ2) is 12.4. The average Bonchev–Trinajstić information content (AvgIpc) is 3.46. The smallest absolute Gasteiger partial charge is 0.233 e. The Bertz CT molecular complexity index is 1830. The van der Waals surface area contributed by atoms with Gasteiger partial charge in [0.25, 0.3) is 0 Å². The van der Waals surface area contributed by atoms with Crippen LogP contribution in [-0.2, 0) is 32.5 Å². The predicted octanol–water partition coefficient (Wildman–Crippen LogP) is 5.28. The molecule has 6 rings (SSSR count). The van der Waals surface area contributed by atoms with Gasteiger partial charge in [-0.2, -0.15) is 4.39 Å². The van der Waals surface area contributed by atoms with Gasteiger partial charge in [0.2, 0.25) is 15.0 Å². The first-order valence-electron chi connectivity index (χ1n) is 13.8. The first-order valence-corrected chi connectivity index (χ1v) is 15.3. The third-order valence-corrected chi connectivity index (χ3v) is 9.27. The molecule has 0 unspecified atom stereocenters. The predicted molar refractivity (Wildman–Crippen MR) is 160 cm³/mol. The molecule has 2 heterocycles. The van der Waals surface area contributed by atoms with Crippen LogP contribution in [0.25, 0.3) is 11.2 Å². The number of nitrogen functional groups attached to an aromatic ring is 1. The molecule has 0 saturated heterocycles. The zero-order valence-electron chi connectivity index (χ0n) is 23.2. The van der Waals surface area contributed by atoms with Crippen molar-refractivity contribution in [1.29, 1.82) is 0 Å². The third-order valence-electron chi connectivity index (χ3n) is 7.67. The SMILES string of the molecule is Nc1ncnc2c1ncn2[C@@H]1/C(=C(/F)S(=O)(=O)c2ccccc2)[C@H](COCc2ccccc2)[C@H]1COCc1ccccc1. The molecule has 3 atom stereocenters. The summed E-state index contributed by atoms with van der Waals surface area (Å²) in [6.45, 7) is 0.923. The second-order valence-electron chi connectivity index (χ2n) is 10.3. The summed E-state index contributed by atoms with van der Waals surface area (Å²) < 4.78 is 57.5. The number of benzene rings is 3. The molecule has 9 nitrogen and oxygen atoms in total. The Morgan fingerprint density at radius 1 is 0.814 bits per heavy atom. The van der Waals surface area contributed by atoms with E-state index < -0.39 is 27.0 Å². The van der Waals surface area contributed by atoms with Gasteiger partial charge in [0.15, 0.2) is 11.5 Å². The van der Waals surface area contributed by atoms with Gasteiger partial charge in [-0.05, 0) is 23.3 Å². The molecule has 0 spiro atoms. The van der Waals surface area contributed by atoms with Crippen LogP contribution in [0.4, 0.5) is 10.2 Å². The average molecular weight is 600 g/mol. The molecular formula is C32H30FN5O4S. The van der Waals surface area contributed by atoms with E-state index >= 15 is 4.39 Å². The third kappa shape index (κ3) is 5.79. The number of rotatable bonds is 11. The van der Waals surface area contributed by atoms with Gasteiger partial charge in [-0.1, -0.05) is 78.9 Å². The molecule has 0 amide bonds. The molecule has 1 aliphatic carbocycles. The zero-order chi connectivity index (χ0) is 29.8. The van der Waals surface area contributed by atoms with E-state index in [0.29, 0.717) is 17.8 Å². The van der Waals surface area contributed by atoms with Gasteiger partial charge in [-0.3, -0.25) is 0 Å². The van der Waals surface area contributed by atoms with E-state index in [9.17, 15) is 8.42 Å². The number of anilines is 1. The van der Waals surface area contributed by atoms with Gasteiger partial charge in [0.1, 0.15) is 11.8 Å². The van der Waals surface area contributed by atoms with Crippen molar-refractivity contribution in [2.24, 2.45) is 11.8 Å². The fourth-order valence-corrected chi connectivity index (χ4v) is 6.82. The highest BCUT2D eigenvalue weighted by Crippen LogP contribution is 2.53. The molecule has 0 radical (unpaired) electrons. The summed E-state index contributed by atoms with van der Waals surface area (Å²) in [4.78, 5) is 12.6. The summed E-state index contributed by atoms with van der Waals surface area (Å²) in [7, 11) is -4.46. The number of fused-ring (bicyclic) bond motifs is 1. The van der Waals surface area contributed by atoms with Gasteiger partial charge in [0, 0.05) is 17.4 Å². The summed E-state index contributed by atoms with van der Waals surface area (Å²) in [5.41, 5.74) is 8.78. The molecule has 3 aromatic carbocycles. The van der Waals surface area contributed by atoms with Crippen LogP contribution in [0.1, 0.15) is 17.2 Å². The Balaban J connectivity index is 1.40. The number of aromatic nitrogens is 4. The molecule has 1 saturated carbocycles. The van der Waals surface area contributed by atoms with Crippen LogP contribution < -0.4 is 5.73 Å². The molecule has 0 bridgehead atoms. The van der Waals surface area contributed by atoms with Crippen molar-refractivity contribution in [3.63, 3.8) is 0 Å². The minimum atomic E-state index is -4.46. The van der Waals surface area contributed by atoms with Crippen molar-refractivity contribution in [2.45, 2.75) is 24.2 Å². The molecule has 11 heteroatoms. The van der Waals surface area contributed by atoms with Crippen LogP contribution in [0.2, 0.25) is 0 Å². The maximum absolute atomic E-state index is 16.5. The van der Waals surface area contributed by atoms with Crippen LogP contribution in [0.15, 0.2) is 119 Å². The first-order chi connectivity index (χ1) is 20.9. The van der Waals surface area contributed by atoms with Gasteiger partial charge >= 0.3 is 0 Å². The normalized spacial score (nSPS) is 19.7. The molecule has 220 valence electrons. The number of ether oxygens (including phenoxy) is 2. The van der Waals surface area contributed by atoms with Crippen molar-refractivity contribution in [1.82, 2.24) is 19.5 Å². The maximum Gasteiger partial charge on any atom is 0.233 e. The fraction of sp³-hybridized carbons (Fsp3) is 0.219. The minimum absolute atomic E-state index is 0.0849. The molecule has 2 aromatic heterocycles. The van der Waals surface area contributed by atoms with E-state index in [-0.39, 0.29) is 42.0 Å². The van der Waals surface area contributed by atoms with Gasteiger partial charge in [0.05, 0.1) is 43.7 Å². The number of nitrogens with two attached hydrogens (primary N) is 1. The van der Waals surface area contributed by atoms with E-state index in [4.69, 9.17) is 15.2 Å². The standard InChI is InChI=1S/C32H30FN5O4S/c33-30(43(39,40)24-14-8-3-9-15-24)27-25(18-41-16-22-10-4-1-5-11-22)26(19-42-17-23-12-6-2-7-13-23)29(27)38-21-37-28-31(34)35-20-36-32(28)38/h1-15,20-21,25-26,29H,16-19H2,(H2,34,35,36)/b30-27-/t25-,26-,29+/m1/s1. The van der Waals surface area contributed by atoms with E-state index in [0.717, 1.165) is 11.1 Å². The van der Waals surface area contributed by atoms with Gasteiger partial charge < -0.3 is 19.8 Å². The van der Waals surface area contributed by atoms with Crippen LogP contribution in [0, 0.1) is 11.8 Å². The number of hydrogen-bond donors (Lipinski definition) is 1. The van der Waals surface area contributed by atoms with Crippen LogP contribution in [-0.4, -0.2) is 41.2 Å². The Kier molecular flexibility index (Phi) is 8.28. The topological polar surface area (TPSA) is 122 Å². The molecule has 1 aliphatic rings. The number of imidazole rings is 1. The first kappa shape index (κ1) is 28.7. The number of nitrogens with zero attached hydrogens (tertiary/aromatic N) is 4. The van der Waals surface area contributed by atoms with Gasteiger partial charge in [-0.15, -0.1) is 0 Å². The zero-order valence-corrected chi connectivity index (χ0v) is 24.0. The van der Waals surface area contributed by atoms with Crippen molar-refractivity contribution in [2.75, 3.05) is 18.9 Å². The Morgan fingerprint density at radius 3 is 2.02 bits per heavy atom. The number of halogens is 1. The largest absolute Gasteiger partial charge is 0.382 e. The van der Waals surface area contributed by atoms with Crippen molar-refractivity contribution in [3.05, 3.63) is 126 Å². The van der Waals surface area contributed by atoms with E-state index in [1.54, 1.807) is 22.8 Å². The Morgan fingerprint density at radius 2 is 1.40 bits per heavy atom. The lowest BCUT2D eigenvalue weighted by molar-refractivity contribution is -0.0182. The van der Waals surface area contributed by atoms with Crippen LogP contribution in [0.5, 0.6) is 0 Å². The number of sulfone groups is 1. The lowest BCUT2D eigenvalue weighted by Gasteiger charge is -2.47. The van der Waals surface area contributed by atoms with Crippen molar-refractivity contribution < 1.29 is 22.3 Å². The summed E-state index contributed by atoms with van der Waals surface area (Å²) in [5.74, 6) is -0.787. The lowest BCUT2D eigenvalue weighted by Crippen LogP contribution is -2.47. The number of hydrogen-bond acceptors (Lipinski definition) is 8. The maximum atomic E-state index is 16.5. The highest BCUT2D eigenvalue weighted by molar-refractivity contribution is 7.95. The molecule has 0 aliphatic heterocycles. The second-order valence-corrected chi connectivity index (χ2v) is 12.2. The minimum Gasteiger partial charge on any atom is -0.382 e. The Hall–Kier alpha value is -4.45. The summed E-state index contributed by atoms with van der Waals surface area (Å²) >= 11 is 0. The molecule has 43 heavy (non-hydrogen) atoms. The van der Waals surface area contributed by atoms with Crippen molar-refractivity contribution >= 4 is 26.8 Å².